The number of hydrogen-bond acceptors (Lipinski definition) is 7. The number of benzene rings is 1. The van der Waals surface area contributed by atoms with Crippen molar-refractivity contribution in [2.45, 2.75) is 13.0 Å². The minimum absolute atomic E-state index is 0.155. The van der Waals surface area contributed by atoms with Crippen LogP contribution in [-0.4, -0.2) is 42.2 Å². The molecule has 7 nitrogen and oxygen atoms in total. The molecule has 1 aliphatic heterocycles. The fourth-order valence-electron chi connectivity index (χ4n) is 2.99. The first-order chi connectivity index (χ1) is 14.7. The van der Waals surface area contributed by atoms with Crippen molar-refractivity contribution in [3.05, 3.63) is 63.7 Å². The molecule has 0 bridgehead atoms. The number of anilines is 2. The molecule has 1 saturated heterocycles. The molecule has 0 saturated carbocycles. The maximum absolute atomic E-state index is 12.3. The van der Waals surface area contributed by atoms with Crippen LogP contribution >= 0.6 is 22.9 Å². The monoisotopic (exact) mass is 444 g/mol. The van der Waals surface area contributed by atoms with Crippen molar-refractivity contribution >= 4 is 40.4 Å². The second kappa shape index (κ2) is 9.88. The number of nitrogens with zero attached hydrogens (tertiary/aromatic N) is 3. The van der Waals surface area contributed by atoms with Crippen molar-refractivity contribution in [1.82, 2.24) is 9.97 Å². The van der Waals surface area contributed by atoms with Gasteiger partial charge in [-0.1, -0.05) is 11.6 Å². The molecule has 1 amide bonds. The van der Waals surface area contributed by atoms with Gasteiger partial charge < -0.3 is 19.7 Å². The van der Waals surface area contributed by atoms with Gasteiger partial charge in [-0.15, -0.1) is 11.3 Å². The van der Waals surface area contributed by atoms with Crippen molar-refractivity contribution in [2.24, 2.45) is 0 Å². The predicted octanol–water partition coefficient (Wildman–Crippen LogP) is 3.79. The molecule has 0 aliphatic carbocycles. The third-order valence-corrected chi connectivity index (χ3v) is 5.63. The highest BCUT2D eigenvalue weighted by Crippen LogP contribution is 2.19. The molecule has 1 aromatic carbocycles. The van der Waals surface area contributed by atoms with Crippen molar-refractivity contribution in [3.8, 4) is 5.75 Å². The van der Waals surface area contributed by atoms with E-state index in [0.717, 1.165) is 42.7 Å². The molecule has 0 spiro atoms. The smallest absolute Gasteiger partial charge is 0.231 e. The fourth-order valence-corrected chi connectivity index (χ4v) is 3.82. The zero-order valence-corrected chi connectivity index (χ0v) is 17.8. The summed E-state index contributed by atoms with van der Waals surface area (Å²) in [6, 6.07) is 10.9. The number of carbonyl (C=O) groups is 1. The third-order valence-electron chi connectivity index (χ3n) is 4.51. The lowest BCUT2D eigenvalue weighted by Gasteiger charge is -2.28. The van der Waals surface area contributed by atoms with Gasteiger partial charge in [0.25, 0.3) is 0 Å². The lowest BCUT2D eigenvalue weighted by molar-refractivity contribution is -0.115. The number of halogens is 1. The van der Waals surface area contributed by atoms with E-state index in [9.17, 15) is 4.79 Å². The Bertz CT molecular complexity index is 973. The molecule has 1 fully saturated rings. The number of aromatic nitrogens is 2. The third kappa shape index (κ3) is 5.69. The number of thiazole rings is 1. The van der Waals surface area contributed by atoms with Crippen molar-refractivity contribution in [3.63, 3.8) is 0 Å². The average molecular weight is 445 g/mol. The lowest BCUT2D eigenvalue weighted by atomic mass is 10.3. The van der Waals surface area contributed by atoms with Crippen molar-refractivity contribution in [1.29, 1.82) is 0 Å². The number of pyridine rings is 1. The fraction of sp³-hybridized carbons (Fsp3) is 0.286. The first-order valence-electron chi connectivity index (χ1n) is 9.56. The highest BCUT2D eigenvalue weighted by molar-refractivity contribution is 7.09. The van der Waals surface area contributed by atoms with Crippen LogP contribution in [-0.2, 0) is 22.6 Å². The van der Waals surface area contributed by atoms with E-state index in [1.807, 2.05) is 29.6 Å². The minimum Gasteiger partial charge on any atom is -0.486 e. The number of rotatable bonds is 7. The minimum atomic E-state index is -0.155. The Morgan fingerprint density at radius 1 is 1.20 bits per heavy atom. The summed E-state index contributed by atoms with van der Waals surface area (Å²) < 4.78 is 11.1. The summed E-state index contributed by atoms with van der Waals surface area (Å²) in [6.07, 6.45) is 1.96. The first kappa shape index (κ1) is 20.6. The number of amides is 1. The summed E-state index contributed by atoms with van der Waals surface area (Å²) in [5, 5.41) is 6.16. The Balaban J connectivity index is 1.26. The summed E-state index contributed by atoms with van der Waals surface area (Å²) in [7, 11) is 0. The van der Waals surface area contributed by atoms with Crippen LogP contribution in [0.15, 0.2) is 48.0 Å². The number of morpholine rings is 1. The standard InChI is InChI=1S/C21H21ClN4O3S/c22-15-1-4-18(5-2-15)29-13-21-24-16(14-30-21)11-20(27)25-19-6-3-17(12-23-19)26-7-9-28-10-8-26/h1-6,12,14H,7-11,13H2,(H,23,25,27). The van der Waals surface area contributed by atoms with Gasteiger partial charge in [0.1, 0.15) is 23.2 Å². The van der Waals surface area contributed by atoms with Crippen LogP contribution in [0, 0.1) is 0 Å². The number of carbonyl (C=O) groups excluding carboxylic acids is 1. The molecule has 1 aliphatic rings. The van der Waals surface area contributed by atoms with E-state index in [1.54, 1.807) is 18.3 Å². The molecule has 3 heterocycles. The van der Waals surface area contributed by atoms with Crippen LogP contribution in [0.3, 0.4) is 0 Å². The summed E-state index contributed by atoms with van der Waals surface area (Å²) in [5.41, 5.74) is 1.73. The topological polar surface area (TPSA) is 76.6 Å². The molecule has 0 atom stereocenters. The van der Waals surface area contributed by atoms with Crippen LogP contribution in [0.5, 0.6) is 5.75 Å². The average Bonchev–Trinajstić information content (AvgIpc) is 3.21. The maximum Gasteiger partial charge on any atom is 0.231 e. The van der Waals surface area contributed by atoms with Gasteiger partial charge in [0.2, 0.25) is 5.91 Å². The SMILES string of the molecule is O=C(Cc1csc(COc2ccc(Cl)cc2)n1)Nc1ccc(N2CCOCC2)cn1. The maximum atomic E-state index is 12.3. The summed E-state index contributed by atoms with van der Waals surface area (Å²) in [5.74, 6) is 1.09. The molecule has 30 heavy (non-hydrogen) atoms. The van der Waals surface area contributed by atoms with Gasteiger partial charge in [0.15, 0.2) is 0 Å². The highest BCUT2D eigenvalue weighted by Gasteiger charge is 2.13. The highest BCUT2D eigenvalue weighted by atomic mass is 35.5. The van der Waals surface area contributed by atoms with Gasteiger partial charge in [0, 0.05) is 23.5 Å². The van der Waals surface area contributed by atoms with Crippen LogP contribution in [0.1, 0.15) is 10.7 Å². The van der Waals surface area contributed by atoms with Crippen molar-refractivity contribution in [2.75, 3.05) is 36.5 Å². The lowest BCUT2D eigenvalue weighted by Crippen LogP contribution is -2.36. The quantitative estimate of drug-likeness (QED) is 0.597. The summed E-state index contributed by atoms with van der Waals surface area (Å²) in [6.45, 7) is 3.48. The van der Waals surface area contributed by atoms with Gasteiger partial charge in [-0.25, -0.2) is 9.97 Å². The molecule has 2 aromatic heterocycles. The zero-order valence-electron chi connectivity index (χ0n) is 16.2. The second-order valence-corrected chi connectivity index (χ2v) is 8.08. The Hall–Kier alpha value is -2.68. The van der Waals surface area contributed by atoms with E-state index >= 15 is 0 Å². The second-order valence-electron chi connectivity index (χ2n) is 6.70. The predicted molar refractivity (Wildman–Crippen MR) is 118 cm³/mol. The van der Waals surface area contributed by atoms with Crippen LogP contribution in [0.2, 0.25) is 5.02 Å². The molecule has 9 heteroatoms. The molecule has 3 aromatic rings. The van der Waals surface area contributed by atoms with Crippen molar-refractivity contribution < 1.29 is 14.3 Å². The van der Waals surface area contributed by atoms with E-state index in [1.165, 1.54) is 11.3 Å². The number of ether oxygens (including phenoxy) is 2. The van der Waals surface area contributed by atoms with Crippen LogP contribution in [0.25, 0.3) is 0 Å². The molecular weight excluding hydrogens is 424 g/mol. The molecule has 0 unspecified atom stereocenters. The summed E-state index contributed by atoms with van der Waals surface area (Å²) in [4.78, 5) is 23.4. The Morgan fingerprint density at radius 2 is 2.00 bits per heavy atom. The van der Waals surface area contributed by atoms with E-state index in [-0.39, 0.29) is 12.3 Å². The van der Waals surface area contributed by atoms with Gasteiger partial charge in [0.05, 0.1) is 37.2 Å². The van der Waals surface area contributed by atoms with E-state index in [4.69, 9.17) is 21.1 Å². The Labute approximate surface area is 183 Å². The molecule has 1 N–H and O–H groups in total. The summed E-state index contributed by atoms with van der Waals surface area (Å²) >= 11 is 7.33. The van der Waals surface area contributed by atoms with Crippen LogP contribution in [0.4, 0.5) is 11.5 Å². The van der Waals surface area contributed by atoms with E-state index in [0.29, 0.717) is 23.1 Å². The molecule has 0 radical (unpaired) electrons. The molecule has 4 rings (SSSR count). The largest absolute Gasteiger partial charge is 0.486 e. The van der Waals surface area contributed by atoms with Gasteiger partial charge in [-0.2, -0.15) is 0 Å². The van der Waals surface area contributed by atoms with Gasteiger partial charge in [-0.05, 0) is 36.4 Å². The zero-order chi connectivity index (χ0) is 20.8. The van der Waals surface area contributed by atoms with Crippen LogP contribution < -0.4 is 15.0 Å². The number of nitrogens with one attached hydrogen (secondary N) is 1. The Morgan fingerprint density at radius 3 is 2.73 bits per heavy atom. The van der Waals surface area contributed by atoms with Gasteiger partial charge >= 0.3 is 0 Å². The normalized spacial score (nSPS) is 13.8. The first-order valence-corrected chi connectivity index (χ1v) is 10.8. The van der Waals surface area contributed by atoms with E-state index < -0.39 is 0 Å². The molecular formula is C21H21ClN4O3S. The Kier molecular flexibility index (Phi) is 6.78. The van der Waals surface area contributed by atoms with E-state index in [2.05, 4.69) is 20.2 Å². The number of hydrogen-bond donors (Lipinski definition) is 1. The van der Waals surface area contributed by atoms with Gasteiger partial charge in [-0.3, -0.25) is 4.79 Å². The molecule has 156 valence electrons.